The first-order chi connectivity index (χ1) is 9.72. The average Bonchev–Trinajstić information content (AvgIpc) is 2.69. The maximum absolute atomic E-state index is 5.07. The van der Waals surface area contributed by atoms with Crippen LogP contribution < -0.4 is 5.32 Å². The highest BCUT2D eigenvalue weighted by molar-refractivity contribution is 5.95. The molecule has 0 saturated carbocycles. The van der Waals surface area contributed by atoms with Crippen molar-refractivity contribution in [3.8, 4) is 0 Å². The van der Waals surface area contributed by atoms with Crippen LogP contribution in [0.15, 0.2) is 18.2 Å². The lowest BCUT2D eigenvalue weighted by Crippen LogP contribution is -2.05. The molecule has 0 atom stereocenters. The molecule has 1 aliphatic rings. The van der Waals surface area contributed by atoms with Crippen LogP contribution in [-0.4, -0.2) is 12.0 Å². The van der Waals surface area contributed by atoms with Crippen molar-refractivity contribution in [2.24, 2.45) is 0 Å². The van der Waals surface area contributed by atoms with Crippen LogP contribution in [0, 0.1) is 0 Å². The predicted octanol–water partition coefficient (Wildman–Crippen LogP) is 4.67. The molecule has 0 spiro atoms. The van der Waals surface area contributed by atoms with Gasteiger partial charge in [-0.25, -0.2) is 0 Å². The summed E-state index contributed by atoms with van der Waals surface area (Å²) >= 11 is 0. The molecule has 0 fully saturated rings. The van der Waals surface area contributed by atoms with Crippen LogP contribution >= 0.6 is 0 Å². The number of nitrogens with one attached hydrogen (secondary N) is 1. The number of rotatable bonds is 2. The molecule has 1 aromatic carbocycles. The van der Waals surface area contributed by atoms with Crippen LogP contribution in [0.25, 0.3) is 10.9 Å². The molecule has 3 rings (SSSR count). The molecule has 0 saturated heterocycles. The summed E-state index contributed by atoms with van der Waals surface area (Å²) in [7, 11) is 2.04. The second-order valence-corrected chi connectivity index (χ2v) is 6.12. The van der Waals surface area contributed by atoms with Crippen LogP contribution in [0.2, 0.25) is 0 Å². The Morgan fingerprint density at radius 3 is 2.65 bits per heavy atom. The summed E-state index contributed by atoms with van der Waals surface area (Å²) in [6.07, 6.45) is 6.19. The van der Waals surface area contributed by atoms with Gasteiger partial charge in [-0.1, -0.05) is 38.5 Å². The van der Waals surface area contributed by atoms with E-state index in [-0.39, 0.29) is 0 Å². The number of pyridine rings is 1. The SMILES string of the molecule is CNc1c2c(nc3c(C(C)C)cccc13)CCCCC2. The van der Waals surface area contributed by atoms with E-state index in [2.05, 4.69) is 37.4 Å². The molecule has 2 aromatic rings. The molecule has 1 aromatic heterocycles. The van der Waals surface area contributed by atoms with Gasteiger partial charge in [-0.05, 0) is 42.7 Å². The third-order valence-electron chi connectivity index (χ3n) is 4.45. The fourth-order valence-corrected chi connectivity index (χ4v) is 3.40. The Morgan fingerprint density at radius 1 is 1.10 bits per heavy atom. The van der Waals surface area contributed by atoms with Gasteiger partial charge in [0.1, 0.15) is 0 Å². The monoisotopic (exact) mass is 268 g/mol. The van der Waals surface area contributed by atoms with Crippen LogP contribution in [0.4, 0.5) is 5.69 Å². The maximum Gasteiger partial charge on any atom is 0.0760 e. The Bertz CT molecular complexity index is 629. The van der Waals surface area contributed by atoms with Gasteiger partial charge in [-0.3, -0.25) is 4.98 Å². The van der Waals surface area contributed by atoms with Gasteiger partial charge in [0.15, 0.2) is 0 Å². The summed E-state index contributed by atoms with van der Waals surface area (Å²) in [5, 5.41) is 4.74. The molecule has 106 valence electrons. The van der Waals surface area contributed by atoms with E-state index in [4.69, 9.17) is 4.98 Å². The predicted molar refractivity (Wildman–Crippen MR) is 86.6 cm³/mol. The molecule has 1 N–H and O–H groups in total. The van der Waals surface area contributed by atoms with E-state index < -0.39 is 0 Å². The lowest BCUT2D eigenvalue weighted by Gasteiger charge is -2.18. The summed E-state index contributed by atoms with van der Waals surface area (Å²) < 4.78 is 0. The van der Waals surface area contributed by atoms with Crippen molar-refractivity contribution < 1.29 is 0 Å². The largest absolute Gasteiger partial charge is 0.387 e. The van der Waals surface area contributed by atoms with Crippen molar-refractivity contribution >= 4 is 16.6 Å². The Hall–Kier alpha value is -1.57. The first kappa shape index (κ1) is 13.4. The minimum Gasteiger partial charge on any atom is -0.387 e. The van der Waals surface area contributed by atoms with Crippen LogP contribution in [0.5, 0.6) is 0 Å². The number of para-hydroxylation sites is 1. The van der Waals surface area contributed by atoms with Crippen molar-refractivity contribution in [1.82, 2.24) is 4.98 Å². The topological polar surface area (TPSA) is 24.9 Å². The Balaban J connectivity index is 2.33. The minimum absolute atomic E-state index is 0.514. The fourth-order valence-electron chi connectivity index (χ4n) is 3.40. The third-order valence-corrected chi connectivity index (χ3v) is 4.45. The van der Waals surface area contributed by atoms with E-state index >= 15 is 0 Å². The molecular weight excluding hydrogens is 244 g/mol. The molecule has 0 aliphatic heterocycles. The Kier molecular flexibility index (Phi) is 3.64. The third kappa shape index (κ3) is 2.17. The van der Waals surface area contributed by atoms with E-state index in [1.807, 2.05) is 7.05 Å². The number of aryl methyl sites for hydroxylation is 1. The van der Waals surface area contributed by atoms with Gasteiger partial charge >= 0.3 is 0 Å². The number of hydrogen-bond acceptors (Lipinski definition) is 2. The van der Waals surface area contributed by atoms with Crippen LogP contribution in [0.1, 0.15) is 55.8 Å². The summed E-state index contributed by atoms with van der Waals surface area (Å²) in [6.45, 7) is 4.50. The number of fused-ring (bicyclic) bond motifs is 2. The molecule has 0 amide bonds. The second-order valence-electron chi connectivity index (χ2n) is 6.12. The summed E-state index contributed by atoms with van der Waals surface area (Å²) in [4.78, 5) is 5.07. The van der Waals surface area contributed by atoms with Crippen molar-refractivity contribution in [3.05, 3.63) is 35.0 Å². The van der Waals surface area contributed by atoms with E-state index in [9.17, 15) is 0 Å². The normalized spacial score (nSPS) is 15.2. The van der Waals surface area contributed by atoms with Crippen molar-refractivity contribution in [2.75, 3.05) is 12.4 Å². The van der Waals surface area contributed by atoms with Gasteiger partial charge in [0.05, 0.1) is 5.52 Å². The molecule has 2 heteroatoms. The van der Waals surface area contributed by atoms with Crippen LogP contribution in [-0.2, 0) is 12.8 Å². The molecule has 0 radical (unpaired) electrons. The summed E-state index contributed by atoms with van der Waals surface area (Å²) in [5.41, 5.74) is 6.67. The quantitative estimate of drug-likeness (QED) is 0.801. The molecule has 0 bridgehead atoms. The van der Waals surface area contributed by atoms with Gasteiger partial charge in [0, 0.05) is 23.8 Å². The van der Waals surface area contributed by atoms with Crippen molar-refractivity contribution in [3.63, 3.8) is 0 Å². The number of benzene rings is 1. The molecule has 1 heterocycles. The van der Waals surface area contributed by atoms with Gasteiger partial charge in [0.25, 0.3) is 0 Å². The standard InChI is InChI=1S/C18H24N2/c1-12(2)13-9-7-10-15-17(19-3)14-8-5-4-6-11-16(14)20-18(13)15/h7,9-10,12H,4-6,8,11H2,1-3H3,(H,19,20). The zero-order valence-corrected chi connectivity index (χ0v) is 12.8. The zero-order valence-electron chi connectivity index (χ0n) is 12.8. The lowest BCUT2D eigenvalue weighted by molar-refractivity contribution is 0.709. The van der Waals surface area contributed by atoms with Gasteiger partial charge in [-0.15, -0.1) is 0 Å². The molecule has 1 aliphatic carbocycles. The first-order valence-electron chi connectivity index (χ1n) is 7.84. The fraction of sp³-hybridized carbons (Fsp3) is 0.500. The summed E-state index contributed by atoms with van der Waals surface area (Å²) in [5.74, 6) is 0.514. The first-order valence-corrected chi connectivity index (χ1v) is 7.84. The highest BCUT2D eigenvalue weighted by atomic mass is 14.9. The molecule has 0 unspecified atom stereocenters. The highest BCUT2D eigenvalue weighted by Gasteiger charge is 2.18. The molecule has 20 heavy (non-hydrogen) atoms. The Morgan fingerprint density at radius 2 is 1.90 bits per heavy atom. The van der Waals surface area contributed by atoms with E-state index in [1.165, 1.54) is 59.1 Å². The Labute approximate surface area is 121 Å². The van der Waals surface area contributed by atoms with E-state index in [0.717, 1.165) is 6.42 Å². The van der Waals surface area contributed by atoms with Crippen LogP contribution in [0.3, 0.4) is 0 Å². The number of hydrogen-bond donors (Lipinski definition) is 1. The summed E-state index contributed by atoms with van der Waals surface area (Å²) in [6, 6.07) is 6.61. The van der Waals surface area contributed by atoms with Gasteiger partial charge in [0.2, 0.25) is 0 Å². The number of nitrogens with zero attached hydrogens (tertiary/aromatic N) is 1. The molecular formula is C18H24N2. The average molecular weight is 268 g/mol. The smallest absolute Gasteiger partial charge is 0.0760 e. The minimum atomic E-state index is 0.514. The van der Waals surface area contributed by atoms with Crippen molar-refractivity contribution in [2.45, 2.75) is 51.9 Å². The zero-order chi connectivity index (χ0) is 14.1. The van der Waals surface area contributed by atoms with E-state index in [1.54, 1.807) is 0 Å². The van der Waals surface area contributed by atoms with Crippen molar-refractivity contribution in [1.29, 1.82) is 0 Å². The van der Waals surface area contributed by atoms with E-state index in [0.29, 0.717) is 5.92 Å². The second kappa shape index (κ2) is 5.43. The maximum atomic E-state index is 5.07. The highest BCUT2D eigenvalue weighted by Crippen LogP contribution is 2.35. The number of aromatic nitrogens is 1. The lowest BCUT2D eigenvalue weighted by atomic mass is 9.95. The molecule has 2 nitrogen and oxygen atoms in total. The van der Waals surface area contributed by atoms with Gasteiger partial charge in [-0.2, -0.15) is 0 Å². The number of anilines is 1. The van der Waals surface area contributed by atoms with Gasteiger partial charge < -0.3 is 5.32 Å².